The zero-order valence-electron chi connectivity index (χ0n) is 7.68. The molecule has 1 atom stereocenters. The maximum absolute atomic E-state index is 10.4. The summed E-state index contributed by atoms with van der Waals surface area (Å²) in [5.41, 5.74) is 0.556. The van der Waals surface area contributed by atoms with Gasteiger partial charge in [-0.2, -0.15) is 0 Å². The first-order valence-electron chi connectivity index (χ1n) is 4.54. The highest BCUT2D eigenvalue weighted by Crippen LogP contribution is 2.13. The summed E-state index contributed by atoms with van der Waals surface area (Å²) in [4.78, 5) is 14.4. The quantitative estimate of drug-likeness (QED) is 0.673. The molecule has 1 aromatic heterocycles. The molecule has 14 heavy (non-hydrogen) atoms. The molecule has 0 spiro atoms. The SMILES string of the molecule is O=Cc1ccc(O[C@H]2CCOC2)nc1. The van der Waals surface area contributed by atoms with Gasteiger partial charge in [0.05, 0.1) is 13.2 Å². The number of nitrogens with zero attached hydrogens (tertiary/aromatic N) is 1. The van der Waals surface area contributed by atoms with Gasteiger partial charge in [-0.25, -0.2) is 4.98 Å². The van der Waals surface area contributed by atoms with E-state index in [1.165, 1.54) is 6.20 Å². The van der Waals surface area contributed by atoms with E-state index in [-0.39, 0.29) is 6.10 Å². The zero-order chi connectivity index (χ0) is 9.80. The number of pyridine rings is 1. The number of carbonyl (C=O) groups excluding carboxylic acids is 1. The van der Waals surface area contributed by atoms with Crippen molar-refractivity contribution in [1.82, 2.24) is 4.98 Å². The van der Waals surface area contributed by atoms with Crippen molar-refractivity contribution in [2.24, 2.45) is 0 Å². The molecule has 0 saturated carbocycles. The molecule has 1 saturated heterocycles. The lowest BCUT2D eigenvalue weighted by Crippen LogP contribution is -2.16. The molecule has 0 aromatic carbocycles. The molecule has 4 nitrogen and oxygen atoms in total. The fourth-order valence-corrected chi connectivity index (χ4v) is 1.31. The van der Waals surface area contributed by atoms with Crippen molar-refractivity contribution >= 4 is 6.29 Å². The molecule has 4 heteroatoms. The lowest BCUT2D eigenvalue weighted by Gasteiger charge is -2.09. The van der Waals surface area contributed by atoms with Crippen LogP contribution in [0.2, 0.25) is 0 Å². The molecule has 0 radical (unpaired) electrons. The van der Waals surface area contributed by atoms with E-state index >= 15 is 0 Å². The second-order valence-corrected chi connectivity index (χ2v) is 3.15. The smallest absolute Gasteiger partial charge is 0.213 e. The minimum absolute atomic E-state index is 0.101. The van der Waals surface area contributed by atoms with Crippen LogP contribution in [0.25, 0.3) is 0 Å². The highest BCUT2D eigenvalue weighted by atomic mass is 16.5. The molecule has 0 bridgehead atoms. The van der Waals surface area contributed by atoms with Crippen LogP contribution in [0.5, 0.6) is 5.88 Å². The Morgan fingerprint density at radius 1 is 1.57 bits per heavy atom. The van der Waals surface area contributed by atoms with Crippen molar-refractivity contribution in [3.05, 3.63) is 23.9 Å². The average molecular weight is 193 g/mol. The molecule has 0 unspecified atom stereocenters. The standard InChI is InChI=1S/C10H11NO3/c12-6-8-1-2-10(11-5-8)14-9-3-4-13-7-9/h1-2,5-6,9H,3-4,7H2/t9-/m0/s1. The summed E-state index contributed by atoms with van der Waals surface area (Å²) in [5, 5.41) is 0. The Hall–Kier alpha value is -1.42. The van der Waals surface area contributed by atoms with E-state index in [9.17, 15) is 4.79 Å². The first-order chi connectivity index (χ1) is 6.88. The minimum Gasteiger partial charge on any atom is -0.472 e. The fraction of sp³-hybridized carbons (Fsp3) is 0.400. The number of aromatic nitrogens is 1. The molecule has 0 amide bonds. The summed E-state index contributed by atoms with van der Waals surface area (Å²) >= 11 is 0. The van der Waals surface area contributed by atoms with Gasteiger partial charge in [0.15, 0.2) is 6.29 Å². The van der Waals surface area contributed by atoms with Gasteiger partial charge in [0.25, 0.3) is 0 Å². The van der Waals surface area contributed by atoms with E-state index in [1.807, 2.05) is 0 Å². The summed E-state index contributed by atoms with van der Waals surface area (Å²) in [5.74, 6) is 0.547. The molecule has 1 aromatic rings. The molecule has 2 rings (SSSR count). The Morgan fingerprint density at radius 2 is 2.50 bits per heavy atom. The molecule has 0 N–H and O–H groups in total. The Bertz CT molecular complexity index is 304. The second kappa shape index (κ2) is 4.19. The van der Waals surface area contributed by atoms with Crippen LogP contribution in [0.15, 0.2) is 18.3 Å². The lowest BCUT2D eigenvalue weighted by molar-refractivity contribution is 0.112. The third kappa shape index (κ3) is 2.09. The Morgan fingerprint density at radius 3 is 3.07 bits per heavy atom. The van der Waals surface area contributed by atoms with Crippen LogP contribution in [-0.2, 0) is 4.74 Å². The van der Waals surface area contributed by atoms with Gasteiger partial charge in [-0.3, -0.25) is 4.79 Å². The zero-order valence-corrected chi connectivity index (χ0v) is 7.68. The lowest BCUT2D eigenvalue weighted by atomic mass is 10.3. The van der Waals surface area contributed by atoms with E-state index in [0.29, 0.717) is 18.1 Å². The van der Waals surface area contributed by atoms with Crippen LogP contribution in [0.1, 0.15) is 16.8 Å². The third-order valence-corrected chi connectivity index (χ3v) is 2.07. The van der Waals surface area contributed by atoms with Crippen molar-refractivity contribution in [3.63, 3.8) is 0 Å². The van der Waals surface area contributed by atoms with Gasteiger partial charge in [0, 0.05) is 24.2 Å². The van der Waals surface area contributed by atoms with Gasteiger partial charge < -0.3 is 9.47 Å². The minimum atomic E-state index is 0.101. The van der Waals surface area contributed by atoms with Crippen molar-refractivity contribution in [1.29, 1.82) is 0 Å². The molecule has 1 fully saturated rings. The van der Waals surface area contributed by atoms with E-state index in [1.54, 1.807) is 12.1 Å². The molecule has 1 aliphatic rings. The highest BCUT2D eigenvalue weighted by Gasteiger charge is 2.17. The monoisotopic (exact) mass is 193 g/mol. The Kier molecular flexibility index (Phi) is 2.74. The summed E-state index contributed by atoms with van der Waals surface area (Å²) < 4.78 is 10.7. The predicted molar refractivity (Wildman–Crippen MR) is 49.5 cm³/mol. The normalized spacial score (nSPS) is 20.7. The molecule has 1 aliphatic heterocycles. The summed E-state index contributed by atoms with van der Waals surface area (Å²) in [7, 11) is 0. The van der Waals surface area contributed by atoms with Gasteiger partial charge in [0.2, 0.25) is 5.88 Å². The van der Waals surface area contributed by atoms with Gasteiger partial charge >= 0.3 is 0 Å². The highest BCUT2D eigenvalue weighted by molar-refractivity contribution is 5.73. The van der Waals surface area contributed by atoms with Crippen LogP contribution >= 0.6 is 0 Å². The van der Waals surface area contributed by atoms with Crippen LogP contribution in [0.3, 0.4) is 0 Å². The predicted octanol–water partition coefficient (Wildman–Crippen LogP) is 1.06. The van der Waals surface area contributed by atoms with Crippen molar-refractivity contribution in [3.8, 4) is 5.88 Å². The first-order valence-corrected chi connectivity index (χ1v) is 4.54. The van der Waals surface area contributed by atoms with Crippen LogP contribution in [0.4, 0.5) is 0 Å². The van der Waals surface area contributed by atoms with Gasteiger partial charge in [-0.05, 0) is 6.07 Å². The molecule has 0 aliphatic carbocycles. The van der Waals surface area contributed by atoms with Crippen molar-refractivity contribution in [2.75, 3.05) is 13.2 Å². The number of carbonyl (C=O) groups is 1. The third-order valence-electron chi connectivity index (χ3n) is 2.07. The topological polar surface area (TPSA) is 48.4 Å². The molecule has 74 valence electrons. The Balaban J connectivity index is 1.98. The molecular formula is C10H11NO3. The van der Waals surface area contributed by atoms with E-state index < -0.39 is 0 Å². The number of hydrogen-bond donors (Lipinski definition) is 0. The summed E-state index contributed by atoms with van der Waals surface area (Å²) in [6.45, 7) is 1.37. The first kappa shape index (κ1) is 9.15. The summed E-state index contributed by atoms with van der Waals surface area (Å²) in [6, 6.07) is 3.38. The van der Waals surface area contributed by atoms with Gasteiger partial charge in [-0.15, -0.1) is 0 Å². The fourth-order valence-electron chi connectivity index (χ4n) is 1.31. The summed E-state index contributed by atoms with van der Waals surface area (Å²) in [6.07, 6.45) is 3.26. The van der Waals surface area contributed by atoms with Crippen LogP contribution < -0.4 is 4.74 Å². The molecular weight excluding hydrogens is 182 g/mol. The van der Waals surface area contributed by atoms with Gasteiger partial charge in [-0.1, -0.05) is 0 Å². The number of ether oxygens (including phenoxy) is 2. The van der Waals surface area contributed by atoms with Crippen molar-refractivity contribution < 1.29 is 14.3 Å². The van der Waals surface area contributed by atoms with Gasteiger partial charge in [0.1, 0.15) is 6.10 Å². The van der Waals surface area contributed by atoms with E-state index in [0.717, 1.165) is 19.3 Å². The van der Waals surface area contributed by atoms with Crippen molar-refractivity contribution in [2.45, 2.75) is 12.5 Å². The molecule has 2 heterocycles. The maximum Gasteiger partial charge on any atom is 0.213 e. The Labute approximate surface area is 81.9 Å². The number of rotatable bonds is 3. The average Bonchev–Trinajstić information content (AvgIpc) is 2.72. The van der Waals surface area contributed by atoms with E-state index in [2.05, 4.69) is 4.98 Å². The van der Waals surface area contributed by atoms with Crippen LogP contribution in [0, 0.1) is 0 Å². The number of aldehydes is 1. The van der Waals surface area contributed by atoms with Crippen LogP contribution in [-0.4, -0.2) is 30.6 Å². The largest absolute Gasteiger partial charge is 0.472 e. The maximum atomic E-state index is 10.4. The second-order valence-electron chi connectivity index (χ2n) is 3.15. The number of hydrogen-bond acceptors (Lipinski definition) is 4. The van der Waals surface area contributed by atoms with E-state index in [4.69, 9.17) is 9.47 Å².